The van der Waals surface area contributed by atoms with E-state index < -0.39 is 0 Å². The molecule has 51 heavy (non-hydrogen) atoms. The number of carbonyl (C=O) groups excluding carboxylic acids is 1. The van der Waals surface area contributed by atoms with Crippen molar-refractivity contribution in [2.45, 2.75) is 107 Å². The number of ketones is 1. The monoisotopic (exact) mass is 860 g/mol. The van der Waals surface area contributed by atoms with Crippen LogP contribution in [0.1, 0.15) is 112 Å². The van der Waals surface area contributed by atoms with Crippen LogP contribution >= 0.6 is 0 Å². The molecule has 1 aliphatic carbocycles. The van der Waals surface area contributed by atoms with Gasteiger partial charge in [-0.3, -0.25) is 9.78 Å². The van der Waals surface area contributed by atoms with Gasteiger partial charge in [0.25, 0.3) is 0 Å². The summed E-state index contributed by atoms with van der Waals surface area (Å²) in [5.74, 6) is 0.631. The van der Waals surface area contributed by atoms with Gasteiger partial charge in [0.1, 0.15) is 12.1 Å². The van der Waals surface area contributed by atoms with Gasteiger partial charge in [-0.05, 0) is 72.0 Å². The largest absolute Gasteiger partial charge is 0.512 e. The maximum absolute atomic E-state index is 12.1. The first kappa shape index (κ1) is 40.1. The van der Waals surface area contributed by atoms with Crippen molar-refractivity contribution in [3.63, 3.8) is 0 Å². The standard InChI is InChI=1S/C32H29N2.C14H26O2.Ir/c1-31(2,3)18-21-11-8-14-24-22(21)13-9-15-25(24)29-28-30(34-19-33-29)26-17-16-20-10-6-7-12-23(20)27(26)32(28,4)5;1-6-11(7-2)13(15)10(5)14(16)12(8-3)9-4;/h6-14,16-17,19H,18H2,1-5H3;11-12,15H,6-9H2,1-5H3;/q-1;;/b;13-10-;. The summed E-state index contributed by atoms with van der Waals surface area (Å²) in [5.41, 5.74) is 8.81. The third-order valence-corrected chi connectivity index (χ3v) is 10.7. The van der Waals surface area contributed by atoms with Gasteiger partial charge in [-0.15, -0.1) is 23.8 Å². The molecule has 1 N–H and O–H groups in total. The van der Waals surface area contributed by atoms with E-state index in [0.717, 1.165) is 49.1 Å². The Hall–Kier alpha value is -3.66. The third-order valence-electron chi connectivity index (χ3n) is 10.7. The Morgan fingerprint density at radius 1 is 0.784 bits per heavy atom. The quantitative estimate of drug-likeness (QED) is 0.0911. The van der Waals surface area contributed by atoms with Crippen LogP contribution < -0.4 is 0 Å². The number of aliphatic hydroxyl groups is 1. The first-order chi connectivity index (χ1) is 23.8. The number of hydrogen-bond donors (Lipinski definition) is 1. The van der Waals surface area contributed by atoms with Crippen molar-refractivity contribution in [2.24, 2.45) is 17.3 Å². The van der Waals surface area contributed by atoms with E-state index in [0.29, 0.717) is 11.3 Å². The second kappa shape index (κ2) is 16.3. The molecular formula is C46H55IrN2O2-. The molecule has 0 unspecified atom stereocenters. The summed E-state index contributed by atoms with van der Waals surface area (Å²) in [6.45, 7) is 21.4. The summed E-state index contributed by atoms with van der Waals surface area (Å²) in [5, 5.41) is 15.1. The maximum Gasteiger partial charge on any atom is 0.164 e. The predicted octanol–water partition coefficient (Wildman–Crippen LogP) is 12.4. The summed E-state index contributed by atoms with van der Waals surface area (Å²) >= 11 is 0. The average molecular weight is 860 g/mol. The van der Waals surface area contributed by atoms with Crippen LogP contribution in [-0.2, 0) is 36.7 Å². The fraction of sp³-hybridized carbons (Fsp3) is 0.413. The van der Waals surface area contributed by atoms with Crippen molar-refractivity contribution < 1.29 is 30.0 Å². The molecule has 1 radical (unpaired) electrons. The van der Waals surface area contributed by atoms with Crippen molar-refractivity contribution in [2.75, 3.05) is 0 Å². The van der Waals surface area contributed by atoms with E-state index in [1.807, 2.05) is 27.7 Å². The van der Waals surface area contributed by atoms with Crippen LogP contribution in [-0.4, -0.2) is 20.9 Å². The SMILES string of the molecule is CC(C)(C)Cc1cccc2c(-c3ncnc4c3C(C)(C)c3c-4ccc4ccccc34)[c-]ccc12.CCC(CC)C(=O)/C(C)=C(\O)C(CC)CC.[Ir]. The second-order valence-corrected chi connectivity index (χ2v) is 15.6. The molecule has 0 atom stereocenters. The predicted molar refractivity (Wildman–Crippen MR) is 211 cm³/mol. The fourth-order valence-corrected chi connectivity index (χ4v) is 7.95. The van der Waals surface area contributed by atoms with Gasteiger partial charge in [0.05, 0.1) is 5.69 Å². The number of allylic oxidation sites excluding steroid dienone is 2. The zero-order valence-electron chi connectivity index (χ0n) is 32.2. The van der Waals surface area contributed by atoms with Crippen molar-refractivity contribution in [3.05, 3.63) is 107 Å². The zero-order valence-corrected chi connectivity index (χ0v) is 34.6. The third kappa shape index (κ3) is 7.91. The number of nitrogens with zero attached hydrogens (tertiary/aromatic N) is 2. The molecule has 1 aliphatic rings. The van der Waals surface area contributed by atoms with Crippen molar-refractivity contribution >= 4 is 27.3 Å². The molecule has 271 valence electrons. The molecule has 4 nitrogen and oxygen atoms in total. The van der Waals surface area contributed by atoms with E-state index in [9.17, 15) is 9.90 Å². The van der Waals surface area contributed by atoms with Crippen LogP contribution in [0.2, 0.25) is 0 Å². The average Bonchev–Trinajstić information content (AvgIpc) is 3.35. The number of Topliss-reactive ketones (excluding diaryl/α,β-unsaturated/α-hetero) is 1. The van der Waals surface area contributed by atoms with Crippen molar-refractivity contribution in [1.82, 2.24) is 9.97 Å². The number of aromatic nitrogens is 2. The number of rotatable bonds is 9. The first-order valence-electron chi connectivity index (χ1n) is 18.5. The van der Waals surface area contributed by atoms with E-state index in [-0.39, 0.29) is 48.6 Å². The molecule has 0 aliphatic heterocycles. The van der Waals surface area contributed by atoms with Crippen molar-refractivity contribution in [1.29, 1.82) is 0 Å². The molecule has 5 heteroatoms. The minimum absolute atomic E-state index is 0. The number of carbonyl (C=O) groups is 1. The minimum Gasteiger partial charge on any atom is -0.512 e. The van der Waals surface area contributed by atoms with E-state index in [1.165, 1.54) is 43.8 Å². The molecule has 1 aromatic heterocycles. The minimum atomic E-state index is -0.221. The van der Waals surface area contributed by atoms with Gasteiger partial charge in [0.2, 0.25) is 0 Å². The van der Waals surface area contributed by atoms with E-state index >= 15 is 0 Å². The smallest absolute Gasteiger partial charge is 0.164 e. The summed E-state index contributed by atoms with van der Waals surface area (Å²) in [6, 6.07) is 27.6. The van der Waals surface area contributed by atoms with Crippen LogP contribution in [0.4, 0.5) is 0 Å². The molecule has 0 saturated carbocycles. The molecule has 5 aromatic rings. The van der Waals surface area contributed by atoms with Crippen LogP contribution in [0.25, 0.3) is 44.1 Å². The molecule has 1 heterocycles. The fourth-order valence-electron chi connectivity index (χ4n) is 7.95. The molecule has 4 aromatic carbocycles. The van der Waals surface area contributed by atoms with Crippen LogP contribution in [0.5, 0.6) is 0 Å². The Bertz CT molecular complexity index is 2040. The summed E-state index contributed by atoms with van der Waals surface area (Å²) in [4.78, 5) is 21.8. The van der Waals surface area contributed by atoms with Crippen molar-refractivity contribution in [3.8, 4) is 22.5 Å². The Balaban J connectivity index is 0.000000294. The summed E-state index contributed by atoms with van der Waals surface area (Å²) in [7, 11) is 0. The molecule has 0 saturated heterocycles. The Morgan fingerprint density at radius 3 is 2.06 bits per heavy atom. The van der Waals surface area contributed by atoms with E-state index in [4.69, 9.17) is 9.97 Å². The number of hydrogen-bond acceptors (Lipinski definition) is 4. The maximum atomic E-state index is 12.1. The Labute approximate surface area is 319 Å². The molecule has 0 bridgehead atoms. The van der Waals surface area contributed by atoms with Gasteiger partial charge < -0.3 is 5.11 Å². The van der Waals surface area contributed by atoms with Gasteiger partial charge in [-0.1, -0.05) is 133 Å². The Kier molecular flexibility index (Phi) is 12.9. The van der Waals surface area contributed by atoms with Crippen LogP contribution in [0.3, 0.4) is 0 Å². The summed E-state index contributed by atoms with van der Waals surface area (Å²) in [6.07, 6.45) is 6.22. The van der Waals surface area contributed by atoms with Crippen LogP contribution in [0.15, 0.2) is 84.4 Å². The summed E-state index contributed by atoms with van der Waals surface area (Å²) < 4.78 is 0. The molecular weight excluding hydrogens is 805 g/mol. The normalized spacial score (nSPS) is 13.7. The van der Waals surface area contributed by atoms with E-state index in [2.05, 4.69) is 107 Å². The molecule has 0 amide bonds. The number of fused-ring (bicyclic) bond motifs is 6. The Morgan fingerprint density at radius 2 is 1.41 bits per heavy atom. The van der Waals surface area contributed by atoms with Gasteiger partial charge in [0.15, 0.2) is 5.78 Å². The molecule has 0 spiro atoms. The van der Waals surface area contributed by atoms with Gasteiger partial charge in [-0.25, -0.2) is 4.98 Å². The first-order valence-corrected chi connectivity index (χ1v) is 18.5. The van der Waals surface area contributed by atoms with Gasteiger partial charge in [0, 0.05) is 48.5 Å². The molecule has 6 rings (SSSR count). The van der Waals surface area contributed by atoms with Gasteiger partial charge in [-0.2, -0.15) is 0 Å². The zero-order chi connectivity index (χ0) is 36.4. The second-order valence-electron chi connectivity index (χ2n) is 15.6. The van der Waals surface area contributed by atoms with Gasteiger partial charge >= 0.3 is 0 Å². The van der Waals surface area contributed by atoms with E-state index in [1.54, 1.807) is 13.3 Å². The number of aliphatic hydroxyl groups excluding tert-OH is 1. The van der Waals surface area contributed by atoms with Crippen LogP contribution in [0, 0.1) is 23.3 Å². The number of benzene rings is 4. The molecule has 0 fully saturated rings. The topological polar surface area (TPSA) is 63.1 Å².